The van der Waals surface area contributed by atoms with E-state index in [9.17, 15) is 19.2 Å². The van der Waals surface area contributed by atoms with E-state index in [0.29, 0.717) is 6.42 Å². The minimum atomic E-state index is -2.78. The normalized spacial score (nSPS) is 24.3. The zero-order valence-electron chi connectivity index (χ0n) is 13.8. The third kappa shape index (κ3) is 4.30. The predicted octanol–water partition coefficient (Wildman–Crippen LogP) is -0.650. The molecule has 1 aliphatic rings. The van der Waals surface area contributed by atoms with Gasteiger partial charge in [0.1, 0.15) is 6.10 Å². The number of methoxy groups -OCH3 is 1. The second kappa shape index (κ2) is 8.20. The molecule has 0 amide bonds. The van der Waals surface area contributed by atoms with Gasteiger partial charge in [-0.1, -0.05) is 13.3 Å². The van der Waals surface area contributed by atoms with E-state index in [4.69, 9.17) is 21.3 Å². The molecule has 1 fully saturated rings. The van der Waals surface area contributed by atoms with Crippen molar-refractivity contribution in [2.24, 2.45) is 17.4 Å². The van der Waals surface area contributed by atoms with Crippen molar-refractivity contribution < 1.29 is 33.8 Å². The molecular formula is C15H24N2O7. The maximum atomic E-state index is 12.4. The molecule has 3 unspecified atom stereocenters. The summed E-state index contributed by atoms with van der Waals surface area (Å²) in [5.41, 5.74) is 8.40. The number of aliphatic carboxylic acids is 1. The van der Waals surface area contributed by atoms with Gasteiger partial charge in [0, 0.05) is 0 Å². The first kappa shape index (κ1) is 20.0. The van der Waals surface area contributed by atoms with Crippen LogP contribution < -0.4 is 11.5 Å². The van der Waals surface area contributed by atoms with Crippen molar-refractivity contribution in [1.82, 2.24) is 0 Å². The summed E-state index contributed by atoms with van der Waals surface area (Å²) in [6.45, 7) is 1.89. The SMILES string of the molecule is COC(=O)C(N)(C(=O)OC1CCCCC1C)C(=O)[C@@H](N)CC(=O)O. The van der Waals surface area contributed by atoms with Gasteiger partial charge in [0.2, 0.25) is 0 Å². The second-order valence-electron chi connectivity index (χ2n) is 6.07. The molecule has 0 aromatic heterocycles. The summed E-state index contributed by atoms with van der Waals surface area (Å²) < 4.78 is 9.72. The van der Waals surface area contributed by atoms with E-state index in [0.717, 1.165) is 26.4 Å². The fraction of sp³-hybridized carbons (Fsp3) is 0.733. The molecule has 0 heterocycles. The standard InChI is InChI=1S/C15H24N2O7/c1-8-5-3-4-6-10(8)24-14(22)15(17,13(21)23-2)12(20)9(16)7-11(18)19/h8-10H,3-7,16-17H2,1-2H3,(H,18,19)/t8?,9-,10?,15?/m0/s1. The number of carboxylic acid groups (broad SMARTS) is 1. The van der Waals surface area contributed by atoms with Crippen LogP contribution in [0.2, 0.25) is 0 Å². The molecule has 5 N–H and O–H groups in total. The quantitative estimate of drug-likeness (QED) is 0.403. The number of carbonyl (C=O) groups is 4. The Kier molecular flexibility index (Phi) is 6.85. The van der Waals surface area contributed by atoms with Crippen LogP contribution in [-0.2, 0) is 28.7 Å². The lowest BCUT2D eigenvalue weighted by Gasteiger charge is -2.32. The number of esters is 2. The maximum absolute atomic E-state index is 12.4. The molecule has 1 saturated carbocycles. The monoisotopic (exact) mass is 344 g/mol. The zero-order chi connectivity index (χ0) is 18.5. The molecule has 1 rings (SSSR count). The highest BCUT2D eigenvalue weighted by atomic mass is 16.6. The van der Waals surface area contributed by atoms with Crippen molar-refractivity contribution in [3.63, 3.8) is 0 Å². The number of rotatable bonds is 7. The van der Waals surface area contributed by atoms with Gasteiger partial charge in [-0.25, -0.2) is 9.59 Å². The zero-order valence-corrected chi connectivity index (χ0v) is 13.8. The Bertz CT molecular complexity index is 522. The summed E-state index contributed by atoms with van der Waals surface area (Å²) in [7, 11) is 0.955. The van der Waals surface area contributed by atoms with E-state index >= 15 is 0 Å². The Morgan fingerprint density at radius 2 is 1.79 bits per heavy atom. The number of hydrogen-bond donors (Lipinski definition) is 3. The number of nitrogens with two attached hydrogens (primary N) is 2. The first-order valence-corrected chi connectivity index (χ1v) is 7.74. The van der Waals surface area contributed by atoms with Gasteiger partial charge < -0.3 is 26.0 Å². The fourth-order valence-electron chi connectivity index (χ4n) is 2.71. The average Bonchev–Trinajstić information content (AvgIpc) is 2.53. The van der Waals surface area contributed by atoms with Crippen LogP contribution in [0.1, 0.15) is 39.0 Å². The molecule has 24 heavy (non-hydrogen) atoms. The van der Waals surface area contributed by atoms with Crippen molar-refractivity contribution in [2.45, 2.75) is 56.7 Å². The van der Waals surface area contributed by atoms with E-state index in [-0.39, 0.29) is 5.92 Å². The Morgan fingerprint density at radius 1 is 1.21 bits per heavy atom. The van der Waals surface area contributed by atoms with Gasteiger partial charge in [0.25, 0.3) is 5.54 Å². The Labute approximate surface area is 139 Å². The van der Waals surface area contributed by atoms with E-state index in [1.54, 1.807) is 0 Å². The van der Waals surface area contributed by atoms with Crippen molar-refractivity contribution in [3.05, 3.63) is 0 Å². The van der Waals surface area contributed by atoms with E-state index in [1.165, 1.54) is 0 Å². The predicted molar refractivity (Wildman–Crippen MR) is 81.7 cm³/mol. The van der Waals surface area contributed by atoms with Gasteiger partial charge in [-0.3, -0.25) is 9.59 Å². The number of hydrogen-bond acceptors (Lipinski definition) is 8. The minimum absolute atomic E-state index is 0.0624. The summed E-state index contributed by atoms with van der Waals surface area (Å²) >= 11 is 0. The molecule has 136 valence electrons. The summed E-state index contributed by atoms with van der Waals surface area (Å²) in [5, 5.41) is 8.72. The van der Waals surface area contributed by atoms with Crippen LogP contribution in [0.25, 0.3) is 0 Å². The number of ketones is 1. The van der Waals surface area contributed by atoms with Crippen molar-refractivity contribution in [1.29, 1.82) is 0 Å². The smallest absolute Gasteiger partial charge is 0.346 e. The van der Waals surface area contributed by atoms with Crippen molar-refractivity contribution in [3.8, 4) is 0 Å². The molecule has 0 radical (unpaired) electrons. The Morgan fingerprint density at radius 3 is 2.29 bits per heavy atom. The van der Waals surface area contributed by atoms with Crippen molar-refractivity contribution >= 4 is 23.7 Å². The van der Waals surface area contributed by atoms with Crippen LogP contribution >= 0.6 is 0 Å². The Hall–Kier alpha value is -2.00. The summed E-state index contributed by atoms with van der Waals surface area (Å²) in [5.74, 6) is -5.14. The molecular weight excluding hydrogens is 320 g/mol. The average molecular weight is 344 g/mol. The van der Waals surface area contributed by atoms with Crippen LogP contribution in [-0.4, -0.2) is 53.6 Å². The van der Waals surface area contributed by atoms with Gasteiger partial charge >= 0.3 is 17.9 Å². The Balaban J connectivity index is 3.01. The largest absolute Gasteiger partial charge is 0.481 e. The lowest BCUT2D eigenvalue weighted by molar-refractivity contribution is -0.172. The summed E-state index contributed by atoms with van der Waals surface area (Å²) in [6.07, 6.45) is 2.05. The van der Waals surface area contributed by atoms with Gasteiger partial charge in [-0.2, -0.15) is 0 Å². The fourth-order valence-corrected chi connectivity index (χ4v) is 2.71. The van der Waals surface area contributed by atoms with Gasteiger partial charge in [0.05, 0.1) is 19.6 Å². The minimum Gasteiger partial charge on any atom is -0.481 e. The highest BCUT2D eigenvalue weighted by Crippen LogP contribution is 2.27. The molecule has 0 aromatic rings. The molecule has 1 aliphatic carbocycles. The van der Waals surface area contributed by atoms with Gasteiger partial charge in [-0.15, -0.1) is 0 Å². The third-order valence-corrected chi connectivity index (χ3v) is 4.24. The lowest BCUT2D eigenvalue weighted by Crippen LogP contribution is -2.66. The van der Waals surface area contributed by atoms with Crippen molar-refractivity contribution in [2.75, 3.05) is 7.11 Å². The molecule has 9 nitrogen and oxygen atoms in total. The molecule has 0 spiro atoms. The van der Waals surface area contributed by atoms with E-state index < -0.39 is 47.8 Å². The molecule has 4 atom stereocenters. The number of carbonyl (C=O) groups excluding carboxylic acids is 3. The van der Waals surface area contributed by atoms with E-state index in [1.807, 2.05) is 6.92 Å². The molecule has 0 aliphatic heterocycles. The van der Waals surface area contributed by atoms with Crippen LogP contribution in [0.3, 0.4) is 0 Å². The van der Waals surface area contributed by atoms with E-state index in [2.05, 4.69) is 4.74 Å². The highest BCUT2D eigenvalue weighted by Gasteiger charge is 2.54. The number of carboxylic acids is 1. The van der Waals surface area contributed by atoms with Crippen LogP contribution in [0.15, 0.2) is 0 Å². The first-order chi connectivity index (χ1) is 11.1. The van der Waals surface area contributed by atoms with Crippen LogP contribution in [0.4, 0.5) is 0 Å². The molecule has 0 saturated heterocycles. The third-order valence-electron chi connectivity index (χ3n) is 4.24. The van der Waals surface area contributed by atoms with Gasteiger partial charge in [-0.05, 0) is 25.2 Å². The first-order valence-electron chi connectivity index (χ1n) is 7.74. The highest BCUT2D eigenvalue weighted by molar-refractivity contribution is 6.26. The number of ether oxygens (including phenoxy) is 2. The molecule has 0 bridgehead atoms. The summed E-state index contributed by atoms with van der Waals surface area (Å²) in [6, 6.07) is -1.64. The topological polar surface area (TPSA) is 159 Å². The molecule has 0 aromatic carbocycles. The van der Waals surface area contributed by atoms with Gasteiger partial charge in [0.15, 0.2) is 5.78 Å². The van der Waals surface area contributed by atoms with Crippen LogP contribution in [0.5, 0.6) is 0 Å². The molecule has 9 heteroatoms. The summed E-state index contributed by atoms with van der Waals surface area (Å²) in [4.78, 5) is 47.5. The second-order valence-corrected chi connectivity index (χ2v) is 6.07. The maximum Gasteiger partial charge on any atom is 0.346 e. The number of Topliss-reactive ketones (excluding diaryl/α,β-unsaturated/α-hetero) is 1. The lowest BCUT2D eigenvalue weighted by atomic mass is 9.86. The van der Waals surface area contributed by atoms with Crippen LogP contribution in [0, 0.1) is 5.92 Å².